The van der Waals surface area contributed by atoms with Crippen LogP contribution in [-0.2, 0) is 0 Å². The Morgan fingerprint density at radius 2 is 2.27 bits per heavy atom. The van der Waals surface area contributed by atoms with Crippen molar-refractivity contribution < 1.29 is 5.11 Å². The SMILES string of the molecule is CC(O)CCNC1CCN2CCCC2C1. The monoisotopic (exact) mass is 212 g/mol. The number of aliphatic hydroxyl groups is 1. The lowest BCUT2D eigenvalue weighted by Gasteiger charge is -2.35. The van der Waals surface area contributed by atoms with Crippen LogP contribution in [0.25, 0.3) is 0 Å². The first kappa shape index (κ1) is 11.4. The summed E-state index contributed by atoms with van der Waals surface area (Å²) in [5.41, 5.74) is 0. The van der Waals surface area contributed by atoms with Crippen molar-refractivity contribution in [2.24, 2.45) is 0 Å². The highest BCUT2D eigenvalue weighted by Crippen LogP contribution is 2.26. The van der Waals surface area contributed by atoms with Gasteiger partial charge in [0.1, 0.15) is 0 Å². The van der Waals surface area contributed by atoms with Gasteiger partial charge in [0.2, 0.25) is 0 Å². The molecule has 0 aromatic carbocycles. The van der Waals surface area contributed by atoms with E-state index in [1.165, 1.54) is 38.8 Å². The van der Waals surface area contributed by atoms with Crippen LogP contribution >= 0.6 is 0 Å². The second-order valence-corrected chi connectivity index (χ2v) is 5.15. The van der Waals surface area contributed by atoms with E-state index in [-0.39, 0.29) is 6.10 Å². The minimum Gasteiger partial charge on any atom is -0.393 e. The van der Waals surface area contributed by atoms with Crippen LogP contribution < -0.4 is 5.32 Å². The van der Waals surface area contributed by atoms with Gasteiger partial charge in [0.25, 0.3) is 0 Å². The summed E-state index contributed by atoms with van der Waals surface area (Å²) < 4.78 is 0. The third kappa shape index (κ3) is 3.16. The molecule has 15 heavy (non-hydrogen) atoms. The topological polar surface area (TPSA) is 35.5 Å². The van der Waals surface area contributed by atoms with Gasteiger partial charge in [-0.05, 0) is 58.7 Å². The number of aliphatic hydroxyl groups excluding tert-OH is 1. The van der Waals surface area contributed by atoms with E-state index in [0.717, 1.165) is 19.0 Å². The standard InChI is InChI=1S/C12H24N2O/c1-10(15)4-6-13-11-5-8-14-7-2-3-12(14)9-11/h10-13,15H,2-9H2,1H3. The van der Waals surface area contributed by atoms with Gasteiger partial charge in [-0.2, -0.15) is 0 Å². The average Bonchev–Trinajstić information content (AvgIpc) is 2.64. The number of hydrogen-bond acceptors (Lipinski definition) is 3. The first-order valence-electron chi connectivity index (χ1n) is 6.41. The summed E-state index contributed by atoms with van der Waals surface area (Å²) >= 11 is 0. The van der Waals surface area contributed by atoms with Crippen molar-refractivity contribution in [2.45, 2.75) is 57.2 Å². The Morgan fingerprint density at radius 3 is 3.07 bits per heavy atom. The van der Waals surface area contributed by atoms with E-state index in [1.807, 2.05) is 6.92 Å². The third-order valence-corrected chi connectivity index (χ3v) is 3.82. The molecule has 3 heteroatoms. The van der Waals surface area contributed by atoms with Gasteiger partial charge in [-0.25, -0.2) is 0 Å². The molecule has 0 bridgehead atoms. The molecule has 0 aromatic heterocycles. The first-order valence-corrected chi connectivity index (χ1v) is 6.41. The predicted octanol–water partition coefficient (Wildman–Crippen LogP) is 0.974. The number of nitrogens with one attached hydrogen (secondary N) is 1. The molecule has 0 spiro atoms. The molecule has 88 valence electrons. The summed E-state index contributed by atoms with van der Waals surface area (Å²) in [4.78, 5) is 2.65. The summed E-state index contributed by atoms with van der Waals surface area (Å²) in [6.45, 7) is 5.43. The van der Waals surface area contributed by atoms with Crippen LogP contribution in [0, 0.1) is 0 Å². The molecule has 2 aliphatic heterocycles. The number of hydrogen-bond donors (Lipinski definition) is 2. The molecule has 0 amide bonds. The normalized spacial score (nSPS) is 34.0. The molecule has 2 saturated heterocycles. The zero-order chi connectivity index (χ0) is 10.7. The van der Waals surface area contributed by atoms with Crippen LogP contribution in [0.4, 0.5) is 0 Å². The van der Waals surface area contributed by atoms with Gasteiger partial charge in [0.15, 0.2) is 0 Å². The molecule has 2 fully saturated rings. The van der Waals surface area contributed by atoms with Gasteiger partial charge in [0.05, 0.1) is 6.10 Å². The molecule has 2 heterocycles. The minimum atomic E-state index is -0.163. The van der Waals surface area contributed by atoms with Crippen LogP contribution in [0.5, 0.6) is 0 Å². The molecule has 0 aliphatic carbocycles. The number of rotatable bonds is 4. The van der Waals surface area contributed by atoms with Crippen LogP contribution in [0.3, 0.4) is 0 Å². The van der Waals surface area contributed by atoms with Gasteiger partial charge in [-0.3, -0.25) is 0 Å². The quantitative estimate of drug-likeness (QED) is 0.729. The molecule has 2 aliphatic rings. The maximum Gasteiger partial charge on any atom is 0.0524 e. The van der Waals surface area contributed by atoms with Gasteiger partial charge >= 0.3 is 0 Å². The fourth-order valence-electron chi connectivity index (χ4n) is 2.91. The molecular formula is C12H24N2O. The van der Waals surface area contributed by atoms with Gasteiger partial charge < -0.3 is 15.3 Å². The zero-order valence-electron chi connectivity index (χ0n) is 9.78. The third-order valence-electron chi connectivity index (χ3n) is 3.82. The van der Waals surface area contributed by atoms with Crippen LogP contribution in [0.1, 0.15) is 39.0 Å². The highest BCUT2D eigenvalue weighted by molar-refractivity contribution is 4.89. The highest BCUT2D eigenvalue weighted by atomic mass is 16.3. The second-order valence-electron chi connectivity index (χ2n) is 5.15. The number of piperidine rings is 1. The Bertz CT molecular complexity index is 196. The molecule has 2 rings (SSSR count). The summed E-state index contributed by atoms with van der Waals surface area (Å²) in [6, 6.07) is 1.55. The molecule has 3 unspecified atom stereocenters. The first-order chi connectivity index (χ1) is 7.25. The molecule has 0 radical (unpaired) electrons. The van der Waals surface area contributed by atoms with Crippen molar-refractivity contribution in [1.82, 2.24) is 10.2 Å². The highest BCUT2D eigenvalue weighted by Gasteiger charge is 2.31. The Labute approximate surface area is 92.8 Å². The van der Waals surface area contributed by atoms with Crippen molar-refractivity contribution in [3.05, 3.63) is 0 Å². The Morgan fingerprint density at radius 1 is 1.40 bits per heavy atom. The van der Waals surface area contributed by atoms with Gasteiger partial charge in [-0.1, -0.05) is 0 Å². The fourth-order valence-corrected chi connectivity index (χ4v) is 2.91. The van der Waals surface area contributed by atoms with Crippen LogP contribution in [-0.4, -0.2) is 47.8 Å². The Hall–Kier alpha value is -0.120. The van der Waals surface area contributed by atoms with E-state index < -0.39 is 0 Å². The van der Waals surface area contributed by atoms with Gasteiger partial charge in [-0.15, -0.1) is 0 Å². The minimum absolute atomic E-state index is 0.163. The lowest BCUT2D eigenvalue weighted by molar-refractivity contribution is 0.156. The van der Waals surface area contributed by atoms with E-state index in [9.17, 15) is 5.11 Å². The summed E-state index contributed by atoms with van der Waals surface area (Å²) in [5, 5.41) is 12.8. The number of nitrogens with zero attached hydrogens (tertiary/aromatic N) is 1. The van der Waals surface area contributed by atoms with Crippen LogP contribution in [0.2, 0.25) is 0 Å². The van der Waals surface area contributed by atoms with Crippen molar-refractivity contribution in [2.75, 3.05) is 19.6 Å². The fraction of sp³-hybridized carbons (Fsp3) is 1.00. The summed E-state index contributed by atoms with van der Waals surface area (Å²) in [5.74, 6) is 0. The van der Waals surface area contributed by atoms with Crippen molar-refractivity contribution in [3.8, 4) is 0 Å². The van der Waals surface area contributed by atoms with Crippen molar-refractivity contribution in [1.29, 1.82) is 0 Å². The van der Waals surface area contributed by atoms with Gasteiger partial charge in [0, 0.05) is 12.1 Å². The predicted molar refractivity (Wildman–Crippen MR) is 61.9 cm³/mol. The molecule has 3 nitrogen and oxygen atoms in total. The second kappa shape index (κ2) is 5.28. The van der Waals surface area contributed by atoms with Crippen LogP contribution in [0.15, 0.2) is 0 Å². The molecule has 0 saturated carbocycles. The number of fused-ring (bicyclic) bond motifs is 1. The average molecular weight is 212 g/mol. The molecule has 0 aromatic rings. The molecule has 2 N–H and O–H groups in total. The van der Waals surface area contributed by atoms with E-state index in [4.69, 9.17) is 0 Å². The lowest BCUT2D eigenvalue weighted by atomic mass is 9.97. The molecular weight excluding hydrogens is 188 g/mol. The van der Waals surface area contributed by atoms with E-state index >= 15 is 0 Å². The Kier molecular flexibility index (Phi) is 4.00. The van der Waals surface area contributed by atoms with Crippen molar-refractivity contribution in [3.63, 3.8) is 0 Å². The van der Waals surface area contributed by atoms with E-state index in [1.54, 1.807) is 0 Å². The maximum atomic E-state index is 9.18. The lowest BCUT2D eigenvalue weighted by Crippen LogP contribution is -2.46. The zero-order valence-corrected chi connectivity index (χ0v) is 9.78. The van der Waals surface area contributed by atoms with Crippen molar-refractivity contribution >= 4 is 0 Å². The summed E-state index contributed by atoms with van der Waals surface area (Å²) in [7, 11) is 0. The summed E-state index contributed by atoms with van der Waals surface area (Å²) in [6.07, 6.45) is 6.12. The van der Waals surface area contributed by atoms with E-state index in [0.29, 0.717) is 6.04 Å². The maximum absolute atomic E-state index is 9.18. The molecule has 3 atom stereocenters. The largest absolute Gasteiger partial charge is 0.393 e. The smallest absolute Gasteiger partial charge is 0.0524 e. The Balaban J connectivity index is 1.66. The van der Waals surface area contributed by atoms with E-state index in [2.05, 4.69) is 10.2 Å².